The van der Waals surface area contributed by atoms with Gasteiger partial charge in [0, 0.05) is 25.4 Å². The van der Waals surface area contributed by atoms with E-state index in [-0.39, 0.29) is 0 Å². The highest BCUT2D eigenvalue weighted by Crippen LogP contribution is 1.91. The van der Waals surface area contributed by atoms with Crippen LogP contribution in [0.3, 0.4) is 0 Å². The van der Waals surface area contributed by atoms with Crippen molar-refractivity contribution in [2.24, 2.45) is 0 Å². The number of hydrogen-bond acceptors (Lipinski definition) is 5. The van der Waals surface area contributed by atoms with Crippen LogP contribution in [0.2, 0.25) is 0 Å². The number of carbonyl (C=O) groups is 2. The van der Waals surface area contributed by atoms with E-state index in [0.29, 0.717) is 13.2 Å². The van der Waals surface area contributed by atoms with Gasteiger partial charge in [-0.25, -0.2) is 9.59 Å². The van der Waals surface area contributed by atoms with Crippen molar-refractivity contribution in [2.75, 3.05) is 26.4 Å². The van der Waals surface area contributed by atoms with Crippen LogP contribution in [0, 0.1) is 0 Å². The van der Waals surface area contributed by atoms with E-state index in [4.69, 9.17) is 4.74 Å². The number of unbranched alkanes of at least 4 members (excludes halogenated alkanes) is 2. The zero-order chi connectivity index (χ0) is 16.3. The van der Waals surface area contributed by atoms with Gasteiger partial charge in [-0.2, -0.15) is 0 Å². The van der Waals surface area contributed by atoms with E-state index in [1.807, 2.05) is 0 Å². The normalized spacial score (nSPS) is 9.90. The summed E-state index contributed by atoms with van der Waals surface area (Å²) < 4.78 is 14.4. The van der Waals surface area contributed by atoms with Gasteiger partial charge in [-0.3, -0.25) is 0 Å². The molecule has 0 unspecified atom stereocenters. The average Bonchev–Trinajstić information content (AvgIpc) is 2.46. The summed E-state index contributed by atoms with van der Waals surface area (Å²) in [6.45, 7) is 10.3. The Balaban J connectivity index is 0. The van der Waals surface area contributed by atoms with E-state index in [0.717, 1.165) is 25.4 Å². The van der Waals surface area contributed by atoms with Crippen molar-refractivity contribution in [1.29, 1.82) is 0 Å². The molecule has 0 aliphatic rings. The fourth-order valence-electron chi connectivity index (χ4n) is 1.11. The van der Waals surface area contributed by atoms with Crippen molar-refractivity contribution < 1.29 is 23.8 Å². The Labute approximate surface area is 128 Å². The maximum absolute atomic E-state index is 10.6. The molecule has 0 radical (unpaired) electrons. The summed E-state index contributed by atoms with van der Waals surface area (Å²) >= 11 is 0. The fraction of sp³-hybridized carbons (Fsp3) is 0.750. The first kappa shape index (κ1) is 21.9. The molecule has 0 atom stereocenters. The van der Waals surface area contributed by atoms with Crippen molar-refractivity contribution >= 4 is 11.9 Å². The van der Waals surface area contributed by atoms with Gasteiger partial charge in [0.25, 0.3) is 0 Å². The van der Waals surface area contributed by atoms with Crippen molar-refractivity contribution in [1.82, 2.24) is 0 Å². The molecular formula is C16H30O5. The summed E-state index contributed by atoms with van der Waals surface area (Å²) in [6, 6.07) is 0. The molecule has 5 heteroatoms. The molecule has 0 rings (SSSR count). The average molecular weight is 302 g/mol. The monoisotopic (exact) mass is 302 g/mol. The number of carbonyl (C=O) groups excluding carboxylic acids is 2. The Hall–Kier alpha value is -1.36. The highest BCUT2D eigenvalue weighted by atomic mass is 16.5. The quantitative estimate of drug-likeness (QED) is 0.352. The fourth-order valence-corrected chi connectivity index (χ4v) is 1.11. The van der Waals surface area contributed by atoms with Gasteiger partial charge in [-0.05, 0) is 26.7 Å². The Morgan fingerprint density at radius 3 is 1.43 bits per heavy atom. The molecule has 0 heterocycles. The van der Waals surface area contributed by atoms with E-state index in [2.05, 4.69) is 23.3 Å². The predicted octanol–water partition coefficient (Wildman–Crippen LogP) is 3.27. The molecule has 0 fully saturated rings. The van der Waals surface area contributed by atoms with Crippen LogP contribution in [0.15, 0.2) is 12.2 Å². The lowest BCUT2D eigenvalue weighted by Crippen LogP contribution is -2.03. The van der Waals surface area contributed by atoms with Gasteiger partial charge in [-0.1, -0.05) is 26.7 Å². The largest absolute Gasteiger partial charge is 0.463 e. The number of esters is 2. The lowest BCUT2D eigenvalue weighted by atomic mass is 10.3. The number of hydrogen-bond donors (Lipinski definition) is 0. The predicted molar refractivity (Wildman–Crippen MR) is 83.0 cm³/mol. The van der Waals surface area contributed by atoms with Gasteiger partial charge in [-0.15, -0.1) is 0 Å². The summed E-state index contributed by atoms with van der Waals surface area (Å²) in [7, 11) is 0. The van der Waals surface area contributed by atoms with E-state index < -0.39 is 11.9 Å². The second-order valence-corrected chi connectivity index (χ2v) is 4.16. The Morgan fingerprint density at radius 1 is 0.762 bits per heavy atom. The first-order chi connectivity index (χ1) is 10.1. The molecule has 124 valence electrons. The summed E-state index contributed by atoms with van der Waals surface area (Å²) in [5.74, 6) is -1.07. The van der Waals surface area contributed by atoms with Gasteiger partial charge in [0.05, 0.1) is 13.2 Å². The van der Waals surface area contributed by atoms with Crippen LogP contribution in [0.25, 0.3) is 0 Å². The molecule has 0 aliphatic carbocycles. The van der Waals surface area contributed by atoms with Crippen LogP contribution in [0.1, 0.15) is 53.4 Å². The molecule has 0 bridgehead atoms. The van der Waals surface area contributed by atoms with Crippen LogP contribution < -0.4 is 0 Å². The molecule has 0 amide bonds. The molecular weight excluding hydrogens is 272 g/mol. The highest BCUT2D eigenvalue weighted by molar-refractivity contribution is 5.91. The molecule has 0 aromatic rings. The minimum absolute atomic E-state index is 0.298. The molecule has 0 saturated heterocycles. The first-order valence-electron chi connectivity index (χ1n) is 7.71. The van der Waals surface area contributed by atoms with Gasteiger partial charge in [0.2, 0.25) is 0 Å². The molecule has 0 N–H and O–H groups in total. The molecule has 0 aromatic heterocycles. The highest BCUT2D eigenvalue weighted by Gasteiger charge is 1.97. The number of rotatable bonds is 10. The van der Waals surface area contributed by atoms with Crippen LogP contribution in [-0.2, 0) is 23.8 Å². The lowest BCUT2D eigenvalue weighted by molar-refractivity contribution is -0.140. The molecule has 0 saturated carbocycles. The van der Waals surface area contributed by atoms with Crippen LogP contribution >= 0.6 is 0 Å². The maximum Gasteiger partial charge on any atom is 0.330 e. The summed E-state index contributed by atoms with van der Waals surface area (Å²) in [4.78, 5) is 21.3. The summed E-state index contributed by atoms with van der Waals surface area (Å²) in [6.07, 6.45) is 6.99. The summed E-state index contributed by atoms with van der Waals surface area (Å²) in [5, 5.41) is 0. The van der Waals surface area contributed by atoms with E-state index >= 15 is 0 Å². The van der Waals surface area contributed by atoms with E-state index in [9.17, 15) is 9.59 Å². The second kappa shape index (κ2) is 18.6. The Bertz CT molecular complexity index is 248. The standard InChI is InChI=1S/C8H12O4.C8H18O/c1-3-11-7(9)5-6-8(10)12-4-2;1-3-5-7-9-8-6-4-2/h5-6H,3-4H2,1-2H3;3-8H2,1-2H3/b6-5-;. The van der Waals surface area contributed by atoms with Crippen LogP contribution in [0.5, 0.6) is 0 Å². The number of ether oxygens (including phenoxy) is 3. The molecule has 0 spiro atoms. The smallest absolute Gasteiger partial charge is 0.330 e. The van der Waals surface area contributed by atoms with E-state index in [1.54, 1.807) is 13.8 Å². The molecule has 21 heavy (non-hydrogen) atoms. The Kier molecular flexibility index (Phi) is 19.5. The molecule has 0 aromatic carbocycles. The van der Waals surface area contributed by atoms with Gasteiger partial charge in [0.15, 0.2) is 0 Å². The summed E-state index contributed by atoms with van der Waals surface area (Å²) in [5.41, 5.74) is 0. The molecule has 5 nitrogen and oxygen atoms in total. The van der Waals surface area contributed by atoms with Crippen molar-refractivity contribution in [3.63, 3.8) is 0 Å². The lowest BCUT2D eigenvalue weighted by Gasteiger charge is -1.99. The van der Waals surface area contributed by atoms with Gasteiger partial charge in [0.1, 0.15) is 0 Å². The maximum atomic E-state index is 10.6. The Morgan fingerprint density at radius 2 is 1.14 bits per heavy atom. The third-order valence-corrected chi connectivity index (χ3v) is 2.21. The van der Waals surface area contributed by atoms with Crippen LogP contribution in [-0.4, -0.2) is 38.4 Å². The zero-order valence-electron chi connectivity index (χ0n) is 13.9. The third-order valence-electron chi connectivity index (χ3n) is 2.21. The first-order valence-corrected chi connectivity index (χ1v) is 7.71. The van der Waals surface area contributed by atoms with Crippen molar-refractivity contribution in [2.45, 2.75) is 53.4 Å². The van der Waals surface area contributed by atoms with E-state index in [1.165, 1.54) is 25.7 Å². The second-order valence-electron chi connectivity index (χ2n) is 4.16. The SMILES string of the molecule is CCCCOCCCC.CCOC(=O)/C=C\C(=O)OCC. The van der Waals surface area contributed by atoms with Crippen molar-refractivity contribution in [3.8, 4) is 0 Å². The third kappa shape index (κ3) is 21.1. The minimum Gasteiger partial charge on any atom is -0.463 e. The van der Waals surface area contributed by atoms with Gasteiger partial charge >= 0.3 is 11.9 Å². The van der Waals surface area contributed by atoms with Gasteiger partial charge < -0.3 is 14.2 Å². The van der Waals surface area contributed by atoms with Crippen LogP contribution in [0.4, 0.5) is 0 Å². The minimum atomic E-state index is -0.537. The topological polar surface area (TPSA) is 61.8 Å². The molecule has 0 aliphatic heterocycles. The van der Waals surface area contributed by atoms with Crippen molar-refractivity contribution in [3.05, 3.63) is 12.2 Å². The zero-order valence-corrected chi connectivity index (χ0v) is 13.9.